The highest BCUT2D eigenvalue weighted by Gasteiger charge is 2.31. The zero-order valence-corrected chi connectivity index (χ0v) is 17.1. The smallest absolute Gasteiger partial charge is 0.266 e. The standard InChI is InChI=1S/C18H14Cl2N2O3S2/c19-13-6-5-11(9-14(13)20)21-16(23)4-1-7-22-17(24)15(27-18(22)26)10-12-3-2-8-25-12/h2-3,5-6,8-10H,1,4,7H2,(H,21,23)/b15-10+. The average molecular weight is 441 g/mol. The van der Waals surface area contributed by atoms with E-state index < -0.39 is 0 Å². The Morgan fingerprint density at radius 2 is 2.11 bits per heavy atom. The summed E-state index contributed by atoms with van der Waals surface area (Å²) in [5.74, 6) is 0.243. The molecule has 0 spiro atoms. The van der Waals surface area contributed by atoms with Crippen molar-refractivity contribution in [2.45, 2.75) is 12.8 Å². The number of thioether (sulfide) groups is 1. The van der Waals surface area contributed by atoms with Crippen LogP contribution < -0.4 is 5.32 Å². The molecule has 0 atom stereocenters. The summed E-state index contributed by atoms with van der Waals surface area (Å²) >= 11 is 18.3. The van der Waals surface area contributed by atoms with Crippen LogP contribution in [0.25, 0.3) is 6.08 Å². The summed E-state index contributed by atoms with van der Waals surface area (Å²) in [4.78, 5) is 26.5. The van der Waals surface area contributed by atoms with Crippen molar-refractivity contribution >= 4 is 75.1 Å². The third-order valence-electron chi connectivity index (χ3n) is 3.68. The first kappa shape index (κ1) is 19.9. The van der Waals surface area contributed by atoms with Crippen LogP contribution in [0.1, 0.15) is 18.6 Å². The van der Waals surface area contributed by atoms with E-state index in [-0.39, 0.29) is 18.2 Å². The maximum Gasteiger partial charge on any atom is 0.266 e. The highest BCUT2D eigenvalue weighted by molar-refractivity contribution is 8.26. The lowest BCUT2D eigenvalue weighted by Gasteiger charge is -2.14. The predicted molar refractivity (Wildman–Crippen MR) is 113 cm³/mol. The number of hydrogen-bond acceptors (Lipinski definition) is 5. The Balaban J connectivity index is 1.51. The quantitative estimate of drug-likeness (QED) is 0.493. The lowest BCUT2D eigenvalue weighted by atomic mass is 10.2. The summed E-state index contributed by atoms with van der Waals surface area (Å²) in [6.45, 7) is 0.370. The zero-order valence-electron chi connectivity index (χ0n) is 13.9. The molecule has 0 radical (unpaired) electrons. The molecular formula is C18H14Cl2N2O3S2. The number of amides is 2. The third-order valence-corrected chi connectivity index (χ3v) is 5.80. The number of benzene rings is 1. The fraction of sp³-hybridized carbons (Fsp3) is 0.167. The Bertz CT molecular complexity index is 913. The van der Waals surface area contributed by atoms with Crippen molar-refractivity contribution in [3.63, 3.8) is 0 Å². The van der Waals surface area contributed by atoms with Gasteiger partial charge in [-0.1, -0.05) is 47.2 Å². The van der Waals surface area contributed by atoms with Crippen molar-refractivity contribution in [2.24, 2.45) is 0 Å². The highest BCUT2D eigenvalue weighted by atomic mass is 35.5. The molecule has 1 N–H and O–H groups in total. The summed E-state index contributed by atoms with van der Waals surface area (Å²) in [6.07, 6.45) is 3.93. The van der Waals surface area contributed by atoms with Gasteiger partial charge in [0, 0.05) is 24.7 Å². The number of thiocarbonyl (C=S) groups is 1. The van der Waals surface area contributed by atoms with E-state index in [9.17, 15) is 9.59 Å². The highest BCUT2D eigenvalue weighted by Crippen LogP contribution is 2.32. The van der Waals surface area contributed by atoms with Gasteiger partial charge in [0.15, 0.2) is 0 Å². The van der Waals surface area contributed by atoms with Crippen molar-refractivity contribution in [2.75, 3.05) is 11.9 Å². The summed E-state index contributed by atoms with van der Waals surface area (Å²) in [6, 6.07) is 8.39. The number of carbonyl (C=O) groups excluding carboxylic acids is 2. The fourth-order valence-corrected chi connectivity index (χ4v) is 3.98. The first-order valence-corrected chi connectivity index (χ1v) is 9.96. The van der Waals surface area contributed by atoms with Crippen molar-refractivity contribution in [3.8, 4) is 0 Å². The number of anilines is 1. The summed E-state index contributed by atoms with van der Waals surface area (Å²) in [5, 5.41) is 3.54. The Labute approximate surface area is 175 Å². The van der Waals surface area contributed by atoms with Crippen LogP contribution in [0, 0.1) is 0 Å². The van der Waals surface area contributed by atoms with Gasteiger partial charge in [-0.3, -0.25) is 14.5 Å². The van der Waals surface area contributed by atoms with Gasteiger partial charge in [-0.2, -0.15) is 0 Å². The molecule has 5 nitrogen and oxygen atoms in total. The van der Waals surface area contributed by atoms with Crippen molar-refractivity contribution in [1.29, 1.82) is 0 Å². The van der Waals surface area contributed by atoms with Crippen LogP contribution >= 0.6 is 47.2 Å². The van der Waals surface area contributed by atoms with Crippen LogP contribution in [0.15, 0.2) is 45.9 Å². The predicted octanol–water partition coefficient (Wildman–Crippen LogP) is 5.21. The fourth-order valence-electron chi connectivity index (χ4n) is 2.39. The maximum atomic E-state index is 12.5. The van der Waals surface area contributed by atoms with Gasteiger partial charge in [0.1, 0.15) is 10.1 Å². The number of halogens is 2. The molecule has 2 amide bonds. The molecule has 1 aromatic carbocycles. The molecule has 27 heavy (non-hydrogen) atoms. The van der Waals surface area contributed by atoms with Crippen LogP contribution in [0.4, 0.5) is 5.69 Å². The van der Waals surface area contributed by atoms with E-state index in [1.165, 1.54) is 16.7 Å². The van der Waals surface area contributed by atoms with E-state index >= 15 is 0 Å². The number of furan rings is 1. The van der Waals surface area contributed by atoms with Gasteiger partial charge in [0.05, 0.1) is 21.2 Å². The van der Waals surface area contributed by atoms with Crippen LogP contribution in [0.2, 0.25) is 10.0 Å². The molecule has 0 unspecified atom stereocenters. The molecule has 1 aliphatic rings. The molecule has 3 rings (SSSR count). The monoisotopic (exact) mass is 440 g/mol. The van der Waals surface area contributed by atoms with Crippen LogP contribution in [-0.4, -0.2) is 27.6 Å². The summed E-state index contributed by atoms with van der Waals surface area (Å²) in [7, 11) is 0. The second kappa shape index (κ2) is 8.93. The molecule has 1 fully saturated rings. The first-order chi connectivity index (χ1) is 12.9. The number of nitrogens with one attached hydrogen (secondary N) is 1. The van der Waals surface area contributed by atoms with Gasteiger partial charge in [-0.15, -0.1) is 0 Å². The zero-order chi connectivity index (χ0) is 19.4. The molecule has 0 saturated carbocycles. The van der Waals surface area contributed by atoms with Gasteiger partial charge in [0.25, 0.3) is 5.91 Å². The Morgan fingerprint density at radius 1 is 1.30 bits per heavy atom. The Kier molecular flexibility index (Phi) is 6.59. The molecule has 1 aliphatic heterocycles. The second-order valence-electron chi connectivity index (χ2n) is 5.63. The molecule has 9 heteroatoms. The van der Waals surface area contributed by atoms with Crippen molar-refractivity contribution < 1.29 is 14.0 Å². The lowest BCUT2D eigenvalue weighted by molar-refractivity contribution is -0.122. The van der Waals surface area contributed by atoms with Crippen LogP contribution in [-0.2, 0) is 9.59 Å². The summed E-state index contributed by atoms with van der Waals surface area (Å²) in [5.41, 5.74) is 0.571. The van der Waals surface area contributed by atoms with E-state index in [0.29, 0.717) is 43.7 Å². The SMILES string of the molecule is O=C(CCCN1C(=O)/C(=C\c2ccco2)SC1=S)Nc1ccc(Cl)c(Cl)c1. The van der Waals surface area contributed by atoms with Gasteiger partial charge >= 0.3 is 0 Å². The van der Waals surface area contributed by atoms with Gasteiger partial charge < -0.3 is 9.73 Å². The topological polar surface area (TPSA) is 62.6 Å². The number of hydrogen-bond donors (Lipinski definition) is 1. The molecule has 140 valence electrons. The summed E-state index contributed by atoms with van der Waals surface area (Å²) < 4.78 is 5.70. The minimum Gasteiger partial charge on any atom is -0.465 e. The van der Waals surface area contributed by atoms with E-state index in [1.54, 1.807) is 42.7 Å². The lowest BCUT2D eigenvalue weighted by Crippen LogP contribution is -2.29. The Morgan fingerprint density at radius 3 is 2.81 bits per heavy atom. The molecule has 1 aromatic heterocycles. The van der Waals surface area contributed by atoms with E-state index in [2.05, 4.69) is 5.32 Å². The first-order valence-electron chi connectivity index (χ1n) is 7.98. The molecule has 2 aromatic rings. The normalized spacial score (nSPS) is 15.6. The van der Waals surface area contributed by atoms with E-state index in [0.717, 1.165) is 0 Å². The van der Waals surface area contributed by atoms with Crippen LogP contribution in [0.5, 0.6) is 0 Å². The van der Waals surface area contributed by atoms with Crippen molar-refractivity contribution in [3.05, 3.63) is 57.3 Å². The third kappa shape index (κ3) is 5.13. The van der Waals surface area contributed by atoms with Gasteiger partial charge in [-0.25, -0.2) is 0 Å². The largest absolute Gasteiger partial charge is 0.465 e. The number of carbonyl (C=O) groups is 2. The number of nitrogens with zero attached hydrogens (tertiary/aromatic N) is 1. The number of rotatable bonds is 6. The molecule has 0 aliphatic carbocycles. The molecule has 1 saturated heterocycles. The van der Waals surface area contributed by atoms with Crippen LogP contribution in [0.3, 0.4) is 0 Å². The maximum absolute atomic E-state index is 12.5. The molecule has 2 heterocycles. The van der Waals surface area contributed by atoms with E-state index in [1.807, 2.05) is 0 Å². The average Bonchev–Trinajstić information content (AvgIpc) is 3.22. The molecule has 0 bridgehead atoms. The molecular weight excluding hydrogens is 427 g/mol. The van der Waals surface area contributed by atoms with Gasteiger partial charge in [-0.05, 0) is 36.8 Å². The Hall–Kier alpha value is -1.80. The van der Waals surface area contributed by atoms with Gasteiger partial charge in [0.2, 0.25) is 5.91 Å². The van der Waals surface area contributed by atoms with E-state index in [4.69, 9.17) is 39.8 Å². The van der Waals surface area contributed by atoms with Crippen molar-refractivity contribution in [1.82, 2.24) is 4.90 Å². The second-order valence-corrected chi connectivity index (χ2v) is 8.12. The minimum atomic E-state index is -0.176. The minimum absolute atomic E-state index is 0.175.